The number of hydrogen-bond acceptors (Lipinski definition) is 3. The van der Waals surface area contributed by atoms with Gasteiger partial charge in [0.1, 0.15) is 0 Å². The van der Waals surface area contributed by atoms with E-state index >= 15 is 0 Å². The molecule has 1 aromatic heterocycles. The van der Waals surface area contributed by atoms with Crippen LogP contribution in [0.2, 0.25) is 0 Å². The lowest BCUT2D eigenvalue weighted by molar-refractivity contribution is 0.590. The fourth-order valence-corrected chi connectivity index (χ4v) is 13.7. The Morgan fingerprint density at radius 1 is 0.397 bits per heavy atom. The van der Waals surface area contributed by atoms with Crippen molar-refractivity contribution in [2.24, 2.45) is 0 Å². The van der Waals surface area contributed by atoms with Gasteiger partial charge in [0.2, 0.25) is 0 Å². The van der Waals surface area contributed by atoms with Crippen LogP contribution in [-0.4, -0.2) is 6.71 Å². The van der Waals surface area contributed by atoms with Crippen LogP contribution in [0.3, 0.4) is 0 Å². The molecule has 0 saturated carbocycles. The molecule has 3 heterocycles. The number of benzene rings is 11. The molecule has 2 aliphatic heterocycles. The van der Waals surface area contributed by atoms with Gasteiger partial charge in [-0.25, -0.2) is 0 Å². The maximum atomic E-state index is 2.74. The summed E-state index contributed by atoms with van der Waals surface area (Å²) in [7, 11) is 0. The largest absolute Gasteiger partial charge is 0.310 e. The van der Waals surface area contributed by atoms with Gasteiger partial charge in [0.25, 0.3) is 6.71 Å². The highest BCUT2D eigenvalue weighted by atomic mass is 32.1. The minimum atomic E-state index is -0.207. The molecule has 12 aromatic rings. The zero-order valence-electron chi connectivity index (χ0n) is 44.7. The van der Waals surface area contributed by atoms with Crippen molar-refractivity contribution in [2.75, 3.05) is 9.80 Å². The Bertz CT molecular complexity index is 4160. The first-order valence-corrected chi connectivity index (χ1v) is 28.6. The molecule has 0 amide bonds. The molecular weight excluding hydrogens is 960 g/mol. The molecule has 14 rings (SSSR count). The molecular formula is C74H59BN2S. The monoisotopic (exact) mass is 1020 g/mol. The number of anilines is 6. The molecule has 0 atom stereocenters. The lowest BCUT2D eigenvalue weighted by atomic mass is 9.33. The summed E-state index contributed by atoms with van der Waals surface area (Å²) < 4.78 is 2.63. The molecule has 0 spiro atoms. The summed E-state index contributed by atoms with van der Waals surface area (Å²) >= 11 is 1.91. The molecule has 0 aliphatic carbocycles. The highest BCUT2D eigenvalue weighted by Gasteiger charge is 2.46. The van der Waals surface area contributed by atoms with Crippen LogP contribution >= 0.6 is 11.3 Å². The summed E-state index contributed by atoms with van der Waals surface area (Å²) in [5.74, 6) is 0. The fraction of sp³-hybridized carbons (Fsp3) is 0.108. The molecule has 2 nitrogen and oxygen atoms in total. The highest BCUT2D eigenvalue weighted by Crippen LogP contribution is 2.54. The summed E-state index contributed by atoms with van der Waals surface area (Å²) in [6.07, 6.45) is 3.19. The van der Waals surface area contributed by atoms with E-state index in [2.05, 4.69) is 286 Å². The van der Waals surface area contributed by atoms with Crippen LogP contribution in [0.1, 0.15) is 51.7 Å². The zero-order valence-corrected chi connectivity index (χ0v) is 45.5. The van der Waals surface area contributed by atoms with Gasteiger partial charge >= 0.3 is 0 Å². The van der Waals surface area contributed by atoms with E-state index in [1.165, 1.54) is 132 Å². The summed E-state index contributed by atoms with van der Waals surface area (Å²) in [6.45, 7) is 9.37. The van der Waals surface area contributed by atoms with Crippen molar-refractivity contribution >= 4 is 88.7 Å². The highest BCUT2D eigenvalue weighted by molar-refractivity contribution is 7.26. The van der Waals surface area contributed by atoms with Gasteiger partial charge in [-0.1, -0.05) is 234 Å². The van der Waals surface area contributed by atoms with Gasteiger partial charge in [0.05, 0.1) is 11.4 Å². The summed E-state index contributed by atoms with van der Waals surface area (Å²) in [4.78, 5) is 5.43. The summed E-state index contributed by atoms with van der Waals surface area (Å²) in [5.41, 5.74) is 25.6. The average Bonchev–Trinajstić information content (AvgIpc) is 2.65. The maximum absolute atomic E-state index is 2.74. The summed E-state index contributed by atoms with van der Waals surface area (Å²) in [5, 5.41) is 2.65. The minimum absolute atomic E-state index is 0.115. The molecule has 0 fully saturated rings. The molecule has 0 saturated heterocycles. The summed E-state index contributed by atoms with van der Waals surface area (Å²) in [6, 6.07) is 93.8. The van der Waals surface area contributed by atoms with Crippen LogP contribution in [0.4, 0.5) is 34.1 Å². The number of thiophene rings is 1. The van der Waals surface area contributed by atoms with Crippen LogP contribution in [-0.2, 0) is 11.8 Å². The van der Waals surface area contributed by atoms with Gasteiger partial charge in [-0.3, -0.25) is 0 Å². The minimum Gasteiger partial charge on any atom is -0.310 e. The second-order valence-corrected chi connectivity index (χ2v) is 23.3. The Kier molecular flexibility index (Phi) is 11.9. The Labute approximate surface area is 463 Å². The van der Waals surface area contributed by atoms with Crippen LogP contribution in [0.15, 0.2) is 249 Å². The molecule has 4 heteroatoms. The van der Waals surface area contributed by atoms with Gasteiger partial charge in [-0.05, 0) is 139 Å². The van der Waals surface area contributed by atoms with E-state index in [-0.39, 0.29) is 12.1 Å². The normalized spacial score (nSPS) is 12.7. The number of fused-ring (bicyclic) bond motifs is 7. The standard InChI is InChI=1S/C74H59BN2S/c1-5-6-24-54-39-42-69-70(59-35-22-23-36-68(59)78-69)72(54)76-64-40-37-55(49-25-12-7-13-26-49)45-62(64)75-63-46-56(50-27-14-8-15-28-50)38-41-65(63)77(67-48-58(74(2,3)4)47-66(76)71(67)75)73-60(52-31-18-10-19-32-52)43-57(51-29-16-9-17-30-51)44-61(73)53-33-20-11-21-34-53/h7-23,25-48H,5-6,24H2,1-4H3. The molecule has 0 bridgehead atoms. The smallest absolute Gasteiger partial charge is 0.252 e. The second-order valence-electron chi connectivity index (χ2n) is 22.2. The number of nitrogens with zero attached hydrogens (tertiary/aromatic N) is 2. The van der Waals surface area contributed by atoms with E-state index in [1.807, 2.05) is 11.3 Å². The Morgan fingerprint density at radius 3 is 1.36 bits per heavy atom. The number of aryl methyl sites for hydroxylation is 1. The van der Waals surface area contributed by atoms with Gasteiger partial charge in [0, 0.05) is 54.0 Å². The Hall–Kier alpha value is -8.70. The first-order chi connectivity index (χ1) is 38.3. The van der Waals surface area contributed by atoms with Crippen LogP contribution in [0.5, 0.6) is 0 Å². The number of rotatable bonds is 10. The third-order valence-corrected chi connectivity index (χ3v) is 17.5. The first kappa shape index (κ1) is 47.7. The molecule has 374 valence electrons. The van der Waals surface area contributed by atoms with E-state index in [0.29, 0.717) is 0 Å². The van der Waals surface area contributed by atoms with Gasteiger partial charge in [0.15, 0.2) is 0 Å². The SMILES string of the molecule is CCCCc1ccc2sc3ccccc3c2c1N1c2ccc(-c3ccccc3)cc2B2c3cc(-c4ccccc4)ccc3N(c3c(-c4ccccc4)cc(-c4ccccc4)cc3-c3ccccc3)c3cc(C(C)(C)C)cc1c32. The van der Waals surface area contributed by atoms with E-state index in [4.69, 9.17) is 0 Å². The van der Waals surface area contributed by atoms with E-state index in [1.54, 1.807) is 0 Å². The van der Waals surface area contributed by atoms with E-state index in [0.717, 1.165) is 24.9 Å². The van der Waals surface area contributed by atoms with E-state index < -0.39 is 0 Å². The van der Waals surface area contributed by atoms with E-state index in [9.17, 15) is 0 Å². The van der Waals surface area contributed by atoms with Crippen molar-refractivity contribution in [1.82, 2.24) is 0 Å². The third kappa shape index (κ3) is 8.09. The first-order valence-electron chi connectivity index (χ1n) is 27.8. The van der Waals surface area contributed by atoms with Crippen molar-refractivity contribution in [1.29, 1.82) is 0 Å². The van der Waals surface area contributed by atoms with Crippen molar-refractivity contribution < 1.29 is 0 Å². The predicted octanol–water partition coefficient (Wildman–Crippen LogP) is 19.1. The quantitative estimate of drug-likeness (QED) is 0.126. The average molecular weight is 1020 g/mol. The Morgan fingerprint density at radius 2 is 0.859 bits per heavy atom. The molecule has 2 aliphatic rings. The van der Waals surface area contributed by atoms with Crippen molar-refractivity contribution in [2.45, 2.75) is 52.4 Å². The molecule has 0 radical (unpaired) electrons. The predicted molar refractivity (Wildman–Crippen MR) is 338 cm³/mol. The molecule has 0 N–H and O–H groups in total. The number of hydrogen-bond donors (Lipinski definition) is 0. The van der Waals surface area contributed by atoms with Gasteiger partial charge in [-0.2, -0.15) is 0 Å². The van der Waals surface area contributed by atoms with Crippen LogP contribution < -0.4 is 26.2 Å². The Balaban J connectivity index is 1.17. The second kappa shape index (κ2) is 19.4. The molecule has 11 aromatic carbocycles. The fourth-order valence-electron chi connectivity index (χ4n) is 12.6. The van der Waals surface area contributed by atoms with Crippen molar-refractivity contribution in [3.8, 4) is 55.6 Å². The van der Waals surface area contributed by atoms with Crippen LogP contribution in [0, 0.1) is 0 Å². The lowest BCUT2D eigenvalue weighted by Crippen LogP contribution is -2.61. The van der Waals surface area contributed by atoms with Gasteiger partial charge < -0.3 is 9.80 Å². The molecule has 78 heavy (non-hydrogen) atoms. The van der Waals surface area contributed by atoms with Crippen molar-refractivity contribution in [3.63, 3.8) is 0 Å². The number of unbranched alkanes of at least 4 members (excludes halogenated alkanes) is 1. The third-order valence-electron chi connectivity index (χ3n) is 16.4. The molecule has 0 unspecified atom stereocenters. The zero-order chi connectivity index (χ0) is 52.5. The maximum Gasteiger partial charge on any atom is 0.252 e. The van der Waals surface area contributed by atoms with Crippen molar-refractivity contribution in [3.05, 3.63) is 260 Å². The van der Waals surface area contributed by atoms with Crippen LogP contribution in [0.25, 0.3) is 75.8 Å². The topological polar surface area (TPSA) is 6.48 Å². The lowest BCUT2D eigenvalue weighted by Gasteiger charge is -2.46. The van der Waals surface area contributed by atoms with Gasteiger partial charge in [-0.15, -0.1) is 11.3 Å².